The van der Waals surface area contributed by atoms with Gasteiger partial charge in [-0.25, -0.2) is 4.98 Å². The number of carbonyl (C=O) groups excluding carboxylic acids is 1. The maximum atomic E-state index is 12.7. The van der Waals surface area contributed by atoms with Gasteiger partial charge in [-0.3, -0.25) is 4.79 Å². The molecule has 2 aromatic rings. The molecule has 1 unspecified atom stereocenters. The third-order valence-electron chi connectivity index (χ3n) is 4.61. The van der Waals surface area contributed by atoms with Gasteiger partial charge in [-0.15, -0.1) is 0 Å². The molecule has 140 valence electrons. The van der Waals surface area contributed by atoms with Gasteiger partial charge >= 0.3 is 0 Å². The average Bonchev–Trinajstić information content (AvgIpc) is 3.09. The zero-order chi connectivity index (χ0) is 18.5. The van der Waals surface area contributed by atoms with Crippen LogP contribution in [-0.4, -0.2) is 61.0 Å². The SMILES string of the molecule is CN(C)CCN1CCCC(C(=O)Nc2ncc(-c3ccccc3Cl)s2)C1. The van der Waals surface area contributed by atoms with Gasteiger partial charge in [0.25, 0.3) is 0 Å². The molecule has 7 heteroatoms. The summed E-state index contributed by atoms with van der Waals surface area (Å²) < 4.78 is 0. The van der Waals surface area contributed by atoms with Crippen LogP contribution in [-0.2, 0) is 4.79 Å². The van der Waals surface area contributed by atoms with Gasteiger partial charge in [0.05, 0.1) is 10.8 Å². The Morgan fingerprint density at radius 1 is 1.42 bits per heavy atom. The molecule has 0 spiro atoms. The highest BCUT2D eigenvalue weighted by molar-refractivity contribution is 7.19. The Hall–Kier alpha value is -1.47. The second kappa shape index (κ2) is 8.95. The molecule has 5 nitrogen and oxygen atoms in total. The quantitative estimate of drug-likeness (QED) is 0.814. The monoisotopic (exact) mass is 392 g/mol. The van der Waals surface area contributed by atoms with Gasteiger partial charge in [-0.05, 0) is 39.5 Å². The molecule has 26 heavy (non-hydrogen) atoms. The van der Waals surface area contributed by atoms with E-state index in [0.29, 0.717) is 10.2 Å². The summed E-state index contributed by atoms with van der Waals surface area (Å²) in [5.74, 6) is 0.0955. The van der Waals surface area contributed by atoms with E-state index in [1.807, 2.05) is 24.3 Å². The Morgan fingerprint density at radius 3 is 3.00 bits per heavy atom. The lowest BCUT2D eigenvalue weighted by atomic mass is 9.97. The number of likely N-dealkylation sites (tertiary alicyclic amines) is 1. The lowest BCUT2D eigenvalue weighted by Gasteiger charge is -2.32. The first-order valence-electron chi connectivity index (χ1n) is 8.91. The lowest BCUT2D eigenvalue weighted by molar-refractivity contribution is -0.121. The van der Waals surface area contributed by atoms with Crippen LogP contribution in [0.5, 0.6) is 0 Å². The lowest BCUT2D eigenvalue weighted by Crippen LogP contribution is -2.43. The number of aromatic nitrogens is 1. The summed E-state index contributed by atoms with van der Waals surface area (Å²) in [6, 6.07) is 7.68. The molecule has 1 aromatic heterocycles. The van der Waals surface area contributed by atoms with Crippen molar-refractivity contribution in [3.8, 4) is 10.4 Å². The van der Waals surface area contributed by atoms with Crippen LogP contribution in [0.15, 0.2) is 30.5 Å². The van der Waals surface area contributed by atoms with Crippen molar-refractivity contribution in [1.82, 2.24) is 14.8 Å². The molecular formula is C19H25ClN4OS. The smallest absolute Gasteiger partial charge is 0.230 e. The minimum absolute atomic E-state index is 0.0265. The zero-order valence-corrected chi connectivity index (χ0v) is 16.8. The van der Waals surface area contributed by atoms with Crippen molar-refractivity contribution < 1.29 is 4.79 Å². The number of carbonyl (C=O) groups is 1. The Morgan fingerprint density at radius 2 is 2.23 bits per heavy atom. The Balaban J connectivity index is 1.59. The minimum Gasteiger partial charge on any atom is -0.308 e. The highest BCUT2D eigenvalue weighted by atomic mass is 35.5. The molecule has 3 rings (SSSR count). The Labute approximate surface area is 164 Å². The van der Waals surface area contributed by atoms with Crippen molar-refractivity contribution in [3.63, 3.8) is 0 Å². The summed E-state index contributed by atoms with van der Waals surface area (Å²) in [5, 5.41) is 4.32. The highest BCUT2D eigenvalue weighted by Crippen LogP contribution is 2.34. The van der Waals surface area contributed by atoms with E-state index in [-0.39, 0.29) is 11.8 Å². The fourth-order valence-electron chi connectivity index (χ4n) is 3.14. The number of halogens is 1. The number of piperidine rings is 1. The average molecular weight is 393 g/mol. The summed E-state index contributed by atoms with van der Waals surface area (Å²) in [6.07, 6.45) is 3.77. The molecule has 1 aliphatic rings. The maximum Gasteiger partial charge on any atom is 0.230 e. The molecule has 0 saturated carbocycles. The van der Waals surface area contributed by atoms with Crippen LogP contribution >= 0.6 is 22.9 Å². The largest absolute Gasteiger partial charge is 0.308 e. The van der Waals surface area contributed by atoms with Gasteiger partial charge in [0, 0.05) is 36.4 Å². The van der Waals surface area contributed by atoms with Crippen LogP contribution in [0.25, 0.3) is 10.4 Å². The Kier molecular flexibility index (Phi) is 6.64. The fourth-order valence-corrected chi connectivity index (χ4v) is 4.29. The molecule has 1 atom stereocenters. The molecule has 1 N–H and O–H groups in total. The molecule has 1 aliphatic heterocycles. The van der Waals surface area contributed by atoms with Gasteiger partial charge in [0.15, 0.2) is 5.13 Å². The van der Waals surface area contributed by atoms with E-state index in [0.717, 1.165) is 49.5 Å². The molecule has 1 amide bonds. The molecule has 0 aliphatic carbocycles. The van der Waals surface area contributed by atoms with Crippen LogP contribution in [0.2, 0.25) is 5.02 Å². The molecular weight excluding hydrogens is 368 g/mol. The predicted molar refractivity (Wildman–Crippen MR) is 109 cm³/mol. The number of rotatable bonds is 6. The zero-order valence-electron chi connectivity index (χ0n) is 15.2. The van der Waals surface area contributed by atoms with Crippen molar-refractivity contribution in [2.75, 3.05) is 45.6 Å². The first-order chi connectivity index (χ1) is 12.5. The van der Waals surface area contributed by atoms with Crippen LogP contribution in [0.1, 0.15) is 12.8 Å². The number of thiazole rings is 1. The van der Waals surface area contributed by atoms with Gasteiger partial charge in [-0.2, -0.15) is 0 Å². The maximum absolute atomic E-state index is 12.7. The number of amides is 1. The predicted octanol–water partition coefficient (Wildman–Crippen LogP) is 3.68. The minimum atomic E-state index is 0.0265. The van der Waals surface area contributed by atoms with Gasteiger partial charge in [-0.1, -0.05) is 41.1 Å². The summed E-state index contributed by atoms with van der Waals surface area (Å²) >= 11 is 7.71. The molecule has 1 aromatic carbocycles. The van der Waals surface area contributed by atoms with Crippen molar-refractivity contribution >= 4 is 34.0 Å². The number of hydrogen-bond donors (Lipinski definition) is 1. The van der Waals surface area contributed by atoms with Crippen molar-refractivity contribution in [3.05, 3.63) is 35.5 Å². The second-order valence-corrected chi connectivity index (χ2v) is 8.38. The first-order valence-corrected chi connectivity index (χ1v) is 10.1. The molecule has 1 saturated heterocycles. The number of nitrogens with one attached hydrogen (secondary N) is 1. The first kappa shape index (κ1) is 19.3. The van der Waals surface area contributed by atoms with E-state index < -0.39 is 0 Å². The van der Waals surface area contributed by atoms with Crippen molar-refractivity contribution in [2.45, 2.75) is 12.8 Å². The highest BCUT2D eigenvalue weighted by Gasteiger charge is 2.26. The van der Waals surface area contributed by atoms with E-state index in [1.165, 1.54) is 11.3 Å². The van der Waals surface area contributed by atoms with E-state index in [1.54, 1.807) is 6.20 Å². The van der Waals surface area contributed by atoms with Gasteiger partial charge < -0.3 is 15.1 Å². The molecule has 0 bridgehead atoms. The van der Waals surface area contributed by atoms with Crippen LogP contribution in [0.3, 0.4) is 0 Å². The van der Waals surface area contributed by atoms with E-state index in [4.69, 9.17) is 11.6 Å². The van der Waals surface area contributed by atoms with Crippen LogP contribution in [0, 0.1) is 5.92 Å². The van der Waals surface area contributed by atoms with Crippen LogP contribution < -0.4 is 5.32 Å². The summed E-state index contributed by atoms with van der Waals surface area (Å²) in [7, 11) is 4.15. The fraction of sp³-hybridized carbons (Fsp3) is 0.474. The second-order valence-electron chi connectivity index (χ2n) is 6.94. The standard InChI is InChI=1S/C19H25ClN4OS/c1-23(2)10-11-24-9-5-6-14(13-24)18(25)22-19-21-12-17(26-19)15-7-3-4-8-16(15)20/h3-4,7-8,12,14H,5-6,9-11,13H2,1-2H3,(H,21,22,25). The van der Waals surface area contributed by atoms with Crippen LogP contribution in [0.4, 0.5) is 5.13 Å². The molecule has 2 heterocycles. The third kappa shape index (κ3) is 5.04. The number of nitrogens with zero attached hydrogens (tertiary/aromatic N) is 3. The Bertz CT molecular complexity index is 749. The van der Waals surface area contributed by atoms with Gasteiger partial charge in [0.2, 0.25) is 5.91 Å². The normalized spacial score (nSPS) is 18.2. The van der Waals surface area contributed by atoms with E-state index >= 15 is 0 Å². The summed E-state index contributed by atoms with van der Waals surface area (Å²) in [5.41, 5.74) is 0.944. The molecule has 1 fully saturated rings. The van der Waals surface area contributed by atoms with E-state index in [9.17, 15) is 4.79 Å². The number of anilines is 1. The summed E-state index contributed by atoms with van der Waals surface area (Å²) in [6.45, 7) is 3.92. The topological polar surface area (TPSA) is 48.5 Å². The third-order valence-corrected chi connectivity index (χ3v) is 5.89. The summed E-state index contributed by atoms with van der Waals surface area (Å²) in [4.78, 5) is 22.5. The number of benzene rings is 1. The van der Waals surface area contributed by atoms with Crippen molar-refractivity contribution in [1.29, 1.82) is 0 Å². The van der Waals surface area contributed by atoms with E-state index in [2.05, 4.69) is 34.2 Å². The van der Waals surface area contributed by atoms with Gasteiger partial charge in [0.1, 0.15) is 0 Å². The number of hydrogen-bond acceptors (Lipinski definition) is 5. The number of likely N-dealkylation sites (N-methyl/N-ethyl adjacent to an activating group) is 1. The molecule has 0 radical (unpaired) electrons. The van der Waals surface area contributed by atoms with Crippen molar-refractivity contribution in [2.24, 2.45) is 5.92 Å².